The summed E-state index contributed by atoms with van der Waals surface area (Å²) in [5.74, 6) is -0.0617. The molecule has 0 saturated heterocycles. The average molecular weight is 921 g/mol. The number of hydrogen-bond acceptors (Lipinski definition) is 3. The van der Waals surface area contributed by atoms with Crippen LogP contribution in [0.1, 0.15) is 296 Å². The molecule has 0 saturated carbocycles. The highest BCUT2D eigenvalue weighted by molar-refractivity contribution is 5.76. The van der Waals surface area contributed by atoms with Crippen LogP contribution >= 0.6 is 0 Å². The zero-order chi connectivity index (χ0) is 47.7. The van der Waals surface area contributed by atoms with E-state index in [1.165, 1.54) is 218 Å². The van der Waals surface area contributed by atoms with Gasteiger partial charge in [-0.15, -0.1) is 0 Å². The Morgan fingerprint density at radius 1 is 0.379 bits per heavy atom. The number of aliphatic hydroxyl groups is 2. The zero-order valence-electron chi connectivity index (χ0n) is 44.2. The molecule has 2 unspecified atom stereocenters. The van der Waals surface area contributed by atoms with E-state index >= 15 is 0 Å². The van der Waals surface area contributed by atoms with E-state index in [9.17, 15) is 15.0 Å². The summed E-state index contributed by atoms with van der Waals surface area (Å²) in [6.45, 7) is 4.22. The average Bonchev–Trinajstić information content (AvgIpc) is 3.32. The molecule has 0 aromatic heterocycles. The van der Waals surface area contributed by atoms with Gasteiger partial charge in [-0.25, -0.2) is 0 Å². The second-order valence-corrected chi connectivity index (χ2v) is 19.7. The Labute approximate surface area is 412 Å². The zero-order valence-corrected chi connectivity index (χ0v) is 44.2. The molecule has 0 aromatic rings. The van der Waals surface area contributed by atoms with Crippen molar-refractivity contribution in [3.8, 4) is 0 Å². The van der Waals surface area contributed by atoms with Crippen LogP contribution in [-0.4, -0.2) is 34.9 Å². The molecule has 384 valence electrons. The van der Waals surface area contributed by atoms with Crippen molar-refractivity contribution in [1.29, 1.82) is 0 Å². The quantitative estimate of drug-likeness (QED) is 0.0421. The fourth-order valence-corrected chi connectivity index (χ4v) is 8.80. The summed E-state index contributed by atoms with van der Waals surface area (Å²) < 4.78 is 0. The second kappa shape index (κ2) is 57.1. The van der Waals surface area contributed by atoms with Gasteiger partial charge in [-0.2, -0.15) is 0 Å². The monoisotopic (exact) mass is 920 g/mol. The predicted molar refractivity (Wildman–Crippen MR) is 294 cm³/mol. The largest absolute Gasteiger partial charge is 0.394 e. The maximum Gasteiger partial charge on any atom is 0.220 e. The molecule has 0 aliphatic carbocycles. The molecular formula is C62H113NO3. The van der Waals surface area contributed by atoms with Gasteiger partial charge in [0, 0.05) is 6.42 Å². The fraction of sp³-hybridized carbons (Fsp3) is 0.790. The first-order valence-electron chi connectivity index (χ1n) is 29.2. The molecule has 0 heterocycles. The smallest absolute Gasteiger partial charge is 0.220 e. The van der Waals surface area contributed by atoms with E-state index in [2.05, 4.69) is 79.9 Å². The van der Waals surface area contributed by atoms with Gasteiger partial charge in [0.2, 0.25) is 5.91 Å². The summed E-state index contributed by atoms with van der Waals surface area (Å²) in [5, 5.41) is 23.2. The molecule has 0 aliphatic heterocycles. The Morgan fingerprint density at radius 2 is 0.667 bits per heavy atom. The molecule has 0 spiro atoms. The summed E-state index contributed by atoms with van der Waals surface area (Å²) in [7, 11) is 0. The van der Waals surface area contributed by atoms with Gasteiger partial charge in [-0.3, -0.25) is 4.79 Å². The molecule has 0 radical (unpaired) electrons. The fourth-order valence-electron chi connectivity index (χ4n) is 8.80. The normalized spacial score (nSPS) is 13.3. The maximum atomic E-state index is 12.5. The Hall–Kier alpha value is -2.17. The lowest BCUT2D eigenvalue weighted by Crippen LogP contribution is -2.45. The molecule has 0 bridgehead atoms. The molecular weight excluding hydrogens is 807 g/mol. The van der Waals surface area contributed by atoms with Crippen molar-refractivity contribution in [3.63, 3.8) is 0 Å². The van der Waals surface area contributed by atoms with E-state index in [0.717, 1.165) is 57.8 Å². The first-order valence-corrected chi connectivity index (χ1v) is 29.2. The lowest BCUT2D eigenvalue weighted by molar-refractivity contribution is -0.123. The van der Waals surface area contributed by atoms with Crippen LogP contribution in [0.2, 0.25) is 0 Å². The maximum absolute atomic E-state index is 12.5. The van der Waals surface area contributed by atoms with Crippen LogP contribution < -0.4 is 5.32 Å². The van der Waals surface area contributed by atoms with E-state index in [0.29, 0.717) is 6.42 Å². The minimum atomic E-state index is -0.841. The number of carbonyl (C=O) groups excluding carboxylic acids is 1. The van der Waals surface area contributed by atoms with Crippen molar-refractivity contribution >= 4 is 5.91 Å². The number of carbonyl (C=O) groups is 1. The van der Waals surface area contributed by atoms with Gasteiger partial charge < -0.3 is 15.5 Å². The van der Waals surface area contributed by atoms with Crippen LogP contribution in [-0.2, 0) is 4.79 Å². The molecule has 4 nitrogen and oxygen atoms in total. The summed E-state index contributed by atoms with van der Waals surface area (Å²) in [4.78, 5) is 12.5. The third kappa shape index (κ3) is 52.8. The predicted octanol–water partition coefficient (Wildman–Crippen LogP) is 19.4. The van der Waals surface area contributed by atoms with Crippen molar-refractivity contribution < 1.29 is 15.0 Å². The Bertz CT molecular complexity index is 1130. The van der Waals surface area contributed by atoms with E-state index in [1.54, 1.807) is 6.08 Å². The number of hydrogen-bond donors (Lipinski definition) is 3. The lowest BCUT2D eigenvalue weighted by atomic mass is 10.0. The van der Waals surface area contributed by atoms with Gasteiger partial charge in [0.1, 0.15) is 0 Å². The number of nitrogens with one attached hydrogen (secondary N) is 1. The molecule has 66 heavy (non-hydrogen) atoms. The number of allylic oxidation sites excluding steroid dienone is 11. The van der Waals surface area contributed by atoms with Gasteiger partial charge in [-0.1, -0.05) is 299 Å². The Morgan fingerprint density at radius 3 is 1.00 bits per heavy atom. The molecule has 0 fully saturated rings. The van der Waals surface area contributed by atoms with Gasteiger partial charge >= 0.3 is 0 Å². The van der Waals surface area contributed by atoms with Crippen LogP contribution in [0.25, 0.3) is 0 Å². The van der Waals surface area contributed by atoms with Crippen LogP contribution in [0, 0.1) is 0 Å². The van der Waals surface area contributed by atoms with Crippen molar-refractivity contribution in [1.82, 2.24) is 5.32 Å². The minimum Gasteiger partial charge on any atom is -0.394 e. The molecule has 0 rings (SSSR count). The van der Waals surface area contributed by atoms with Crippen molar-refractivity contribution in [2.45, 2.75) is 309 Å². The number of rotatable bonds is 53. The van der Waals surface area contributed by atoms with Gasteiger partial charge in [0.05, 0.1) is 18.8 Å². The Kier molecular flexibility index (Phi) is 55.3. The molecule has 4 heteroatoms. The van der Waals surface area contributed by atoms with Crippen molar-refractivity contribution in [2.24, 2.45) is 0 Å². The van der Waals surface area contributed by atoms with Gasteiger partial charge in [0.25, 0.3) is 0 Å². The minimum absolute atomic E-state index is 0.0617. The summed E-state index contributed by atoms with van der Waals surface area (Å²) in [6, 6.07) is -0.625. The standard InChI is InChI=1S/C62H113NO3/c1-3-5-7-9-11-13-15-17-19-21-23-25-26-27-28-29-30-31-32-33-34-35-36-38-40-42-44-46-48-50-52-54-56-58-62(66)63-60(59-64)61(65)57-55-53-51-49-47-45-43-41-39-37-24-22-20-18-16-14-12-10-8-6-4-2/h5,7,11,13,17,19,23,25,27-28,55,57,60-61,64-65H,3-4,6,8-10,12,14-16,18,20-22,24,26,29-54,56,58-59H2,1-2H3,(H,63,66)/b7-5-,13-11-,19-17-,25-23-,28-27-,57-55+. The van der Waals surface area contributed by atoms with Crippen LogP contribution in [0.3, 0.4) is 0 Å². The van der Waals surface area contributed by atoms with E-state index in [-0.39, 0.29) is 12.5 Å². The van der Waals surface area contributed by atoms with Crippen LogP contribution in [0.5, 0.6) is 0 Å². The molecule has 3 N–H and O–H groups in total. The number of amides is 1. The summed E-state index contributed by atoms with van der Waals surface area (Å²) in [5.41, 5.74) is 0. The SMILES string of the molecule is CC/C=C\C/C=C\C/C=C\C/C=C\C/C=C\CCCCCCCCCCCCCCCCCCCC(=O)NC(CO)C(O)/C=C/CCCCCCCCCCCCCCCCCCCCC. The third-order valence-corrected chi connectivity index (χ3v) is 13.2. The second-order valence-electron chi connectivity index (χ2n) is 19.7. The third-order valence-electron chi connectivity index (χ3n) is 13.2. The molecule has 2 atom stereocenters. The van der Waals surface area contributed by atoms with Gasteiger partial charge in [-0.05, 0) is 64.2 Å². The number of aliphatic hydroxyl groups excluding tert-OH is 2. The van der Waals surface area contributed by atoms with E-state index < -0.39 is 12.1 Å². The molecule has 0 aromatic carbocycles. The first kappa shape index (κ1) is 63.8. The highest BCUT2D eigenvalue weighted by atomic mass is 16.3. The molecule has 0 aliphatic rings. The van der Waals surface area contributed by atoms with E-state index in [4.69, 9.17) is 0 Å². The highest BCUT2D eigenvalue weighted by Gasteiger charge is 2.18. The van der Waals surface area contributed by atoms with Gasteiger partial charge in [0.15, 0.2) is 0 Å². The molecule has 1 amide bonds. The van der Waals surface area contributed by atoms with E-state index in [1.807, 2.05) is 6.08 Å². The Balaban J connectivity index is 3.49. The van der Waals surface area contributed by atoms with Crippen molar-refractivity contribution in [3.05, 3.63) is 72.9 Å². The first-order chi connectivity index (χ1) is 32.7. The topological polar surface area (TPSA) is 69.6 Å². The van der Waals surface area contributed by atoms with Crippen molar-refractivity contribution in [2.75, 3.05) is 6.61 Å². The van der Waals surface area contributed by atoms with Crippen LogP contribution in [0.4, 0.5) is 0 Å². The summed E-state index contributed by atoms with van der Waals surface area (Å²) >= 11 is 0. The number of unbranched alkanes of at least 4 members (excludes halogenated alkanes) is 36. The lowest BCUT2D eigenvalue weighted by Gasteiger charge is -2.20. The summed E-state index contributed by atoms with van der Waals surface area (Å²) in [6.07, 6.45) is 82.1. The highest BCUT2D eigenvalue weighted by Crippen LogP contribution is 2.17. The van der Waals surface area contributed by atoms with Crippen LogP contribution in [0.15, 0.2) is 72.9 Å².